The molecule has 0 fully saturated rings. The first-order valence-corrected chi connectivity index (χ1v) is 5.61. The van der Waals surface area contributed by atoms with Crippen LogP contribution in [0.4, 0.5) is 0 Å². The summed E-state index contributed by atoms with van der Waals surface area (Å²) in [5.41, 5.74) is 7.95. The van der Waals surface area contributed by atoms with Crippen molar-refractivity contribution in [1.29, 1.82) is 5.41 Å². The predicted molar refractivity (Wildman–Crippen MR) is 67.8 cm³/mol. The average Bonchev–Trinajstić information content (AvgIpc) is 2.68. The maximum Gasteiger partial charge on any atom is 0.0923 e. The summed E-state index contributed by atoms with van der Waals surface area (Å²) in [6, 6.07) is 8.65. The summed E-state index contributed by atoms with van der Waals surface area (Å²) in [5, 5.41) is 8.50. The van der Waals surface area contributed by atoms with Crippen molar-refractivity contribution in [2.24, 2.45) is 5.73 Å². The van der Waals surface area contributed by atoms with Crippen molar-refractivity contribution < 1.29 is 0 Å². The number of nitrogens with one attached hydrogen (secondary N) is 1. The van der Waals surface area contributed by atoms with E-state index in [9.17, 15) is 0 Å². The molecule has 0 aliphatic heterocycles. The molecular weight excluding hydrogens is 198 g/mol. The molecule has 1 aromatic carbocycles. The summed E-state index contributed by atoms with van der Waals surface area (Å²) < 4.78 is 2.15. The fourth-order valence-corrected chi connectivity index (χ4v) is 1.91. The molecule has 0 atom stereocenters. The van der Waals surface area contributed by atoms with Crippen molar-refractivity contribution in [1.82, 2.24) is 4.57 Å². The van der Waals surface area contributed by atoms with Gasteiger partial charge in [-0.05, 0) is 35.6 Å². The second-order valence-electron chi connectivity index (χ2n) is 4.03. The lowest BCUT2D eigenvalue weighted by Crippen LogP contribution is -2.12. The molecule has 0 radical (unpaired) electrons. The van der Waals surface area contributed by atoms with Crippen molar-refractivity contribution in [3.05, 3.63) is 36.0 Å². The van der Waals surface area contributed by atoms with Gasteiger partial charge in [0.05, 0.1) is 5.84 Å². The first-order chi connectivity index (χ1) is 7.70. The van der Waals surface area contributed by atoms with Crippen molar-refractivity contribution in [3.8, 4) is 0 Å². The number of fused-ring (bicyclic) bond motifs is 1. The smallest absolute Gasteiger partial charge is 0.0923 e. The van der Waals surface area contributed by atoms with E-state index in [-0.39, 0.29) is 5.84 Å². The number of benzene rings is 1. The maximum atomic E-state index is 7.23. The van der Waals surface area contributed by atoms with Gasteiger partial charge in [-0.25, -0.2) is 0 Å². The Bertz CT molecular complexity index is 511. The Morgan fingerprint density at radius 1 is 1.38 bits per heavy atom. The lowest BCUT2D eigenvalue weighted by molar-refractivity contribution is 0.750. The van der Waals surface area contributed by atoms with Gasteiger partial charge in [-0.3, -0.25) is 5.41 Å². The Morgan fingerprint density at radius 2 is 2.19 bits per heavy atom. The molecular formula is C13H17N3. The molecule has 2 aromatic rings. The minimum Gasteiger partial charge on any atom is -0.388 e. The van der Waals surface area contributed by atoms with Gasteiger partial charge >= 0.3 is 0 Å². The van der Waals surface area contributed by atoms with E-state index in [1.807, 2.05) is 0 Å². The standard InChI is InChI=1S/C13H17N3/c1-2-10-3-4-12-11(9-10)5-7-16(12)8-6-13(14)15/h3-5,7,9H,2,6,8H2,1H3,(H3,14,15). The minimum atomic E-state index is 0.243. The van der Waals surface area contributed by atoms with Crippen molar-refractivity contribution in [2.75, 3.05) is 0 Å². The van der Waals surface area contributed by atoms with Gasteiger partial charge < -0.3 is 10.3 Å². The third-order valence-corrected chi connectivity index (χ3v) is 2.87. The van der Waals surface area contributed by atoms with Crippen LogP contribution in [0.15, 0.2) is 30.5 Å². The molecule has 3 heteroatoms. The zero-order valence-electron chi connectivity index (χ0n) is 9.53. The quantitative estimate of drug-likeness (QED) is 0.597. The van der Waals surface area contributed by atoms with Crippen molar-refractivity contribution in [2.45, 2.75) is 26.3 Å². The molecule has 2 rings (SSSR count). The van der Waals surface area contributed by atoms with Gasteiger partial charge in [-0.1, -0.05) is 13.0 Å². The average molecular weight is 215 g/mol. The number of nitrogens with two attached hydrogens (primary N) is 1. The molecule has 0 unspecified atom stereocenters. The van der Waals surface area contributed by atoms with Crippen molar-refractivity contribution in [3.63, 3.8) is 0 Å². The molecule has 1 aromatic heterocycles. The monoisotopic (exact) mass is 215 g/mol. The van der Waals surface area contributed by atoms with Gasteiger partial charge in [-0.2, -0.15) is 0 Å². The second-order valence-corrected chi connectivity index (χ2v) is 4.03. The van der Waals surface area contributed by atoms with E-state index in [1.54, 1.807) is 0 Å². The predicted octanol–water partition coefficient (Wildman–Crippen LogP) is 2.53. The molecule has 0 saturated heterocycles. The van der Waals surface area contributed by atoms with Crippen LogP contribution in [0, 0.1) is 5.41 Å². The van der Waals surface area contributed by atoms with Crippen molar-refractivity contribution >= 4 is 16.7 Å². The third-order valence-electron chi connectivity index (χ3n) is 2.87. The summed E-state index contributed by atoms with van der Waals surface area (Å²) in [4.78, 5) is 0. The van der Waals surface area contributed by atoms with Gasteiger partial charge in [-0.15, -0.1) is 0 Å². The molecule has 0 bridgehead atoms. The molecule has 1 heterocycles. The zero-order chi connectivity index (χ0) is 11.5. The first kappa shape index (κ1) is 10.7. The molecule has 16 heavy (non-hydrogen) atoms. The molecule has 0 aliphatic carbocycles. The summed E-state index contributed by atoms with van der Waals surface area (Å²) in [5.74, 6) is 0.243. The molecule has 3 nitrogen and oxygen atoms in total. The Balaban J connectivity index is 2.30. The lowest BCUT2D eigenvalue weighted by atomic mass is 10.1. The van der Waals surface area contributed by atoms with E-state index in [0.717, 1.165) is 13.0 Å². The highest BCUT2D eigenvalue weighted by atomic mass is 15.0. The van der Waals surface area contributed by atoms with E-state index in [0.29, 0.717) is 6.42 Å². The SMILES string of the molecule is CCc1ccc2c(ccn2CCC(=N)N)c1. The Hall–Kier alpha value is -1.77. The summed E-state index contributed by atoms with van der Waals surface area (Å²) >= 11 is 0. The second kappa shape index (κ2) is 4.39. The normalized spacial score (nSPS) is 10.8. The number of amidine groups is 1. The number of hydrogen-bond donors (Lipinski definition) is 2. The lowest BCUT2D eigenvalue weighted by Gasteiger charge is -2.05. The van der Waals surface area contributed by atoms with Gasteiger partial charge in [0, 0.05) is 24.7 Å². The van der Waals surface area contributed by atoms with E-state index in [4.69, 9.17) is 11.1 Å². The van der Waals surface area contributed by atoms with Gasteiger partial charge in [0.2, 0.25) is 0 Å². The highest BCUT2D eigenvalue weighted by molar-refractivity contribution is 5.81. The van der Waals surface area contributed by atoms with Gasteiger partial charge in [0.25, 0.3) is 0 Å². The fraction of sp³-hybridized carbons (Fsp3) is 0.308. The summed E-state index contributed by atoms with van der Waals surface area (Å²) in [6.45, 7) is 2.94. The number of nitrogens with zero attached hydrogens (tertiary/aromatic N) is 1. The maximum absolute atomic E-state index is 7.23. The minimum absolute atomic E-state index is 0.243. The molecule has 0 spiro atoms. The van der Waals surface area contributed by atoms with Gasteiger partial charge in [0.1, 0.15) is 0 Å². The third kappa shape index (κ3) is 2.08. The highest BCUT2D eigenvalue weighted by Crippen LogP contribution is 2.18. The zero-order valence-corrected chi connectivity index (χ0v) is 9.53. The van der Waals surface area contributed by atoms with Crippen LogP contribution in [-0.4, -0.2) is 10.4 Å². The highest BCUT2D eigenvalue weighted by Gasteiger charge is 2.01. The van der Waals surface area contributed by atoms with Crippen LogP contribution in [0.3, 0.4) is 0 Å². The largest absolute Gasteiger partial charge is 0.388 e. The Labute approximate surface area is 95.4 Å². The summed E-state index contributed by atoms with van der Waals surface area (Å²) in [6.07, 6.45) is 3.74. The number of rotatable bonds is 4. The Kier molecular flexibility index (Phi) is 2.95. The number of aromatic nitrogens is 1. The Morgan fingerprint density at radius 3 is 2.88 bits per heavy atom. The van der Waals surface area contributed by atoms with Crippen LogP contribution in [-0.2, 0) is 13.0 Å². The van der Waals surface area contributed by atoms with Crippen LogP contribution >= 0.6 is 0 Å². The summed E-state index contributed by atoms with van der Waals surface area (Å²) in [7, 11) is 0. The van der Waals surface area contributed by atoms with E-state index >= 15 is 0 Å². The molecule has 0 aliphatic rings. The van der Waals surface area contributed by atoms with Gasteiger partial charge in [0.15, 0.2) is 0 Å². The van der Waals surface area contributed by atoms with Crippen LogP contribution < -0.4 is 5.73 Å². The van der Waals surface area contributed by atoms with E-state index in [1.165, 1.54) is 16.5 Å². The molecule has 3 N–H and O–H groups in total. The van der Waals surface area contributed by atoms with E-state index < -0.39 is 0 Å². The van der Waals surface area contributed by atoms with Crippen LogP contribution in [0.2, 0.25) is 0 Å². The first-order valence-electron chi connectivity index (χ1n) is 5.61. The fourth-order valence-electron chi connectivity index (χ4n) is 1.91. The molecule has 84 valence electrons. The number of aryl methyl sites for hydroxylation is 2. The van der Waals surface area contributed by atoms with Crippen LogP contribution in [0.25, 0.3) is 10.9 Å². The van der Waals surface area contributed by atoms with Crippen LogP contribution in [0.1, 0.15) is 18.9 Å². The number of hydrogen-bond acceptors (Lipinski definition) is 1. The molecule has 0 amide bonds. The topological polar surface area (TPSA) is 54.8 Å². The van der Waals surface area contributed by atoms with Crippen LogP contribution in [0.5, 0.6) is 0 Å². The van der Waals surface area contributed by atoms with E-state index in [2.05, 4.69) is 42.0 Å². The molecule has 0 saturated carbocycles.